The molecule has 0 bridgehead atoms. The molecule has 2 unspecified atom stereocenters. The van der Waals surface area contributed by atoms with Crippen molar-refractivity contribution in [3.05, 3.63) is 0 Å². The van der Waals surface area contributed by atoms with Crippen molar-refractivity contribution in [1.29, 1.82) is 0 Å². The lowest BCUT2D eigenvalue weighted by Gasteiger charge is -2.37. The highest BCUT2D eigenvalue weighted by Crippen LogP contribution is 2.20. The van der Waals surface area contributed by atoms with Gasteiger partial charge >= 0.3 is 0 Å². The van der Waals surface area contributed by atoms with E-state index in [-0.39, 0.29) is 5.54 Å². The van der Waals surface area contributed by atoms with Crippen LogP contribution in [0.5, 0.6) is 0 Å². The lowest BCUT2D eigenvalue weighted by molar-refractivity contribution is 0.0897. The first-order chi connectivity index (χ1) is 7.62. The highest BCUT2D eigenvalue weighted by atomic mass is 16.5. The zero-order chi connectivity index (χ0) is 12.0. The van der Waals surface area contributed by atoms with Crippen LogP contribution in [0, 0.1) is 0 Å². The van der Waals surface area contributed by atoms with Crippen molar-refractivity contribution in [3.63, 3.8) is 0 Å². The molecule has 1 fully saturated rings. The Bertz CT molecular complexity index is 186. The molecule has 0 aromatic carbocycles. The van der Waals surface area contributed by atoms with E-state index >= 15 is 0 Å². The van der Waals surface area contributed by atoms with Gasteiger partial charge < -0.3 is 10.5 Å². The number of hydrogen-bond acceptors (Lipinski definition) is 3. The maximum Gasteiger partial charge on any atom is 0.0576 e. The Morgan fingerprint density at radius 3 is 2.75 bits per heavy atom. The summed E-state index contributed by atoms with van der Waals surface area (Å²) in [6.45, 7) is 7.29. The zero-order valence-corrected chi connectivity index (χ0v) is 11.2. The SMILES string of the molecule is CCC(C)(CN)N(C)CCCC1CCCO1. The lowest BCUT2D eigenvalue weighted by Crippen LogP contribution is -2.49. The van der Waals surface area contributed by atoms with E-state index in [0.29, 0.717) is 6.10 Å². The first kappa shape index (κ1) is 13.9. The summed E-state index contributed by atoms with van der Waals surface area (Å²) in [4.78, 5) is 2.40. The number of nitrogens with two attached hydrogens (primary N) is 1. The van der Waals surface area contributed by atoms with Gasteiger partial charge in [0, 0.05) is 18.7 Å². The van der Waals surface area contributed by atoms with Crippen LogP contribution in [0.15, 0.2) is 0 Å². The molecular weight excluding hydrogens is 200 g/mol. The Kier molecular flexibility index (Phi) is 5.73. The summed E-state index contributed by atoms with van der Waals surface area (Å²) in [6, 6.07) is 0. The van der Waals surface area contributed by atoms with E-state index in [1.54, 1.807) is 0 Å². The van der Waals surface area contributed by atoms with Crippen LogP contribution in [-0.4, -0.2) is 43.3 Å². The molecule has 0 radical (unpaired) electrons. The summed E-state index contributed by atoms with van der Waals surface area (Å²) in [5.74, 6) is 0. The van der Waals surface area contributed by atoms with Crippen molar-refractivity contribution in [2.75, 3.05) is 26.7 Å². The molecule has 3 heteroatoms. The van der Waals surface area contributed by atoms with Crippen molar-refractivity contribution < 1.29 is 4.74 Å². The fourth-order valence-electron chi connectivity index (χ4n) is 2.27. The first-order valence-electron chi connectivity index (χ1n) is 6.65. The third-order valence-electron chi connectivity index (χ3n) is 4.17. The minimum absolute atomic E-state index is 0.163. The third-order valence-corrected chi connectivity index (χ3v) is 4.17. The first-order valence-corrected chi connectivity index (χ1v) is 6.65. The molecule has 0 aromatic heterocycles. The van der Waals surface area contributed by atoms with E-state index in [4.69, 9.17) is 10.5 Å². The highest BCUT2D eigenvalue weighted by Gasteiger charge is 2.25. The van der Waals surface area contributed by atoms with Crippen LogP contribution in [0.1, 0.15) is 46.0 Å². The maximum atomic E-state index is 5.85. The minimum Gasteiger partial charge on any atom is -0.378 e. The van der Waals surface area contributed by atoms with Crippen LogP contribution >= 0.6 is 0 Å². The van der Waals surface area contributed by atoms with E-state index in [0.717, 1.165) is 26.1 Å². The fraction of sp³-hybridized carbons (Fsp3) is 1.00. The molecule has 1 aliphatic heterocycles. The second kappa shape index (κ2) is 6.58. The highest BCUT2D eigenvalue weighted by molar-refractivity contribution is 4.84. The van der Waals surface area contributed by atoms with Gasteiger partial charge in [0.05, 0.1) is 6.10 Å². The van der Waals surface area contributed by atoms with Gasteiger partial charge in [-0.3, -0.25) is 4.90 Å². The predicted molar refractivity (Wildman–Crippen MR) is 68.6 cm³/mol. The molecule has 2 atom stereocenters. The van der Waals surface area contributed by atoms with Gasteiger partial charge in [0.25, 0.3) is 0 Å². The Hall–Kier alpha value is -0.120. The monoisotopic (exact) mass is 228 g/mol. The number of likely N-dealkylation sites (N-methyl/N-ethyl adjacent to an activating group) is 1. The Morgan fingerprint density at radius 2 is 2.25 bits per heavy atom. The quantitative estimate of drug-likeness (QED) is 0.724. The third kappa shape index (κ3) is 3.72. The van der Waals surface area contributed by atoms with Crippen molar-refractivity contribution in [2.45, 2.75) is 57.6 Å². The summed E-state index contributed by atoms with van der Waals surface area (Å²) >= 11 is 0. The molecule has 1 saturated heterocycles. The van der Waals surface area contributed by atoms with Crippen LogP contribution in [0.4, 0.5) is 0 Å². The van der Waals surface area contributed by atoms with Crippen LogP contribution in [-0.2, 0) is 4.74 Å². The van der Waals surface area contributed by atoms with Gasteiger partial charge in [-0.05, 0) is 52.6 Å². The van der Waals surface area contributed by atoms with Crippen LogP contribution in [0.2, 0.25) is 0 Å². The topological polar surface area (TPSA) is 38.5 Å². The summed E-state index contributed by atoms with van der Waals surface area (Å²) in [7, 11) is 2.19. The molecule has 0 aromatic rings. The van der Waals surface area contributed by atoms with E-state index in [1.807, 2.05) is 0 Å². The average Bonchev–Trinajstić information content (AvgIpc) is 2.80. The Balaban J connectivity index is 2.20. The predicted octanol–water partition coefficient (Wildman–Crippen LogP) is 2.00. The van der Waals surface area contributed by atoms with Gasteiger partial charge in [-0.25, -0.2) is 0 Å². The molecule has 1 rings (SSSR count). The average molecular weight is 228 g/mol. The van der Waals surface area contributed by atoms with Gasteiger partial charge in [0.2, 0.25) is 0 Å². The smallest absolute Gasteiger partial charge is 0.0576 e. The molecule has 96 valence electrons. The normalized spacial score (nSPS) is 24.9. The molecule has 1 heterocycles. The van der Waals surface area contributed by atoms with Crippen molar-refractivity contribution in [2.24, 2.45) is 5.73 Å². The number of hydrogen-bond donors (Lipinski definition) is 1. The van der Waals surface area contributed by atoms with Crippen molar-refractivity contribution in [1.82, 2.24) is 4.90 Å². The summed E-state index contributed by atoms with van der Waals surface area (Å²) in [5, 5.41) is 0. The second-order valence-corrected chi connectivity index (χ2v) is 5.25. The summed E-state index contributed by atoms with van der Waals surface area (Å²) in [6.07, 6.45) is 6.56. The number of nitrogens with zero attached hydrogens (tertiary/aromatic N) is 1. The van der Waals surface area contributed by atoms with Gasteiger partial charge in [0.1, 0.15) is 0 Å². The van der Waals surface area contributed by atoms with E-state index in [1.165, 1.54) is 25.7 Å². The molecule has 0 spiro atoms. The van der Waals surface area contributed by atoms with Gasteiger partial charge in [-0.15, -0.1) is 0 Å². The Morgan fingerprint density at radius 1 is 1.50 bits per heavy atom. The Labute approximate surface area is 100 Å². The van der Waals surface area contributed by atoms with Crippen molar-refractivity contribution >= 4 is 0 Å². The van der Waals surface area contributed by atoms with Crippen molar-refractivity contribution in [3.8, 4) is 0 Å². The molecular formula is C13H28N2O. The van der Waals surface area contributed by atoms with Crippen LogP contribution in [0.3, 0.4) is 0 Å². The lowest BCUT2D eigenvalue weighted by atomic mass is 9.96. The van der Waals surface area contributed by atoms with E-state index < -0.39 is 0 Å². The molecule has 16 heavy (non-hydrogen) atoms. The summed E-state index contributed by atoms with van der Waals surface area (Å²) in [5.41, 5.74) is 6.01. The maximum absolute atomic E-state index is 5.85. The summed E-state index contributed by atoms with van der Waals surface area (Å²) < 4.78 is 5.63. The molecule has 1 aliphatic rings. The molecule has 0 saturated carbocycles. The molecule has 0 amide bonds. The standard InChI is InChI=1S/C13H28N2O/c1-4-13(2,11-14)15(3)9-5-7-12-8-6-10-16-12/h12H,4-11,14H2,1-3H3. The van der Waals surface area contributed by atoms with Gasteiger partial charge in [0.15, 0.2) is 0 Å². The van der Waals surface area contributed by atoms with Crippen LogP contribution < -0.4 is 5.73 Å². The van der Waals surface area contributed by atoms with Gasteiger partial charge in [-0.1, -0.05) is 6.92 Å². The van der Waals surface area contributed by atoms with Gasteiger partial charge in [-0.2, -0.15) is 0 Å². The second-order valence-electron chi connectivity index (χ2n) is 5.25. The number of rotatable bonds is 7. The number of ether oxygens (including phenoxy) is 1. The molecule has 2 N–H and O–H groups in total. The van der Waals surface area contributed by atoms with Crippen LogP contribution in [0.25, 0.3) is 0 Å². The molecule has 3 nitrogen and oxygen atoms in total. The fourth-order valence-corrected chi connectivity index (χ4v) is 2.27. The van der Waals surface area contributed by atoms with E-state index in [9.17, 15) is 0 Å². The zero-order valence-electron chi connectivity index (χ0n) is 11.2. The largest absolute Gasteiger partial charge is 0.378 e. The molecule has 0 aliphatic carbocycles. The van der Waals surface area contributed by atoms with E-state index in [2.05, 4.69) is 25.8 Å². The minimum atomic E-state index is 0.163.